The Balaban J connectivity index is 1.85. The average molecular weight is 451 g/mol. The summed E-state index contributed by atoms with van der Waals surface area (Å²) in [6.45, 7) is 0. The predicted octanol–water partition coefficient (Wildman–Crippen LogP) is 5.43. The second-order valence-electron chi connectivity index (χ2n) is 6.33. The number of hydrogen-bond acceptors (Lipinski definition) is 3. The van der Waals surface area contributed by atoms with E-state index in [0.717, 1.165) is 10.0 Å². The lowest BCUT2D eigenvalue weighted by Gasteiger charge is -2.19. The zero-order valence-corrected chi connectivity index (χ0v) is 17.1. The van der Waals surface area contributed by atoms with Crippen LogP contribution < -0.4 is 9.64 Å². The Morgan fingerprint density at radius 3 is 2.38 bits per heavy atom. The zero-order chi connectivity index (χ0) is 20.4. The van der Waals surface area contributed by atoms with Gasteiger partial charge < -0.3 is 4.74 Å². The van der Waals surface area contributed by atoms with Crippen molar-refractivity contribution in [3.8, 4) is 5.75 Å². The number of carbonyl (C=O) groups excluding carboxylic acids is 1. The molecule has 4 nitrogen and oxygen atoms in total. The first-order valence-corrected chi connectivity index (χ1v) is 9.65. The average Bonchev–Trinajstić information content (AvgIpc) is 3.06. The SMILES string of the molecule is COc1ccccc1C1=N/C(=C/c2ccc(Br)cc2)C(=O)N1c1ccc(F)cc1. The molecule has 0 N–H and O–H groups in total. The summed E-state index contributed by atoms with van der Waals surface area (Å²) in [5, 5.41) is 0. The minimum absolute atomic E-state index is 0.289. The van der Waals surface area contributed by atoms with Crippen LogP contribution in [0.25, 0.3) is 6.08 Å². The van der Waals surface area contributed by atoms with Gasteiger partial charge in [-0.15, -0.1) is 0 Å². The second kappa shape index (κ2) is 8.01. The van der Waals surface area contributed by atoms with Crippen LogP contribution in [0, 0.1) is 5.82 Å². The predicted molar refractivity (Wildman–Crippen MR) is 116 cm³/mol. The number of ether oxygens (including phenoxy) is 1. The third-order valence-corrected chi connectivity index (χ3v) is 5.00. The van der Waals surface area contributed by atoms with Gasteiger partial charge in [-0.3, -0.25) is 9.69 Å². The number of hydrogen-bond donors (Lipinski definition) is 0. The summed E-state index contributed by atoms with van der Waals surface area (Å²) in [5.41, 5.74) is 2.34. The first-order valence-electron chi connectivity index (χ1n) is 8.86. The standard InChI is InChI=1S/C23H16BrFN2O2/c1-29-21-5-3-2-4-19(21)22-26-20(14-15-6-8-16(24)9-7-15)23(28)27(22)18-12-10-17(25)11-13-18/h2-14H,1H3/b20-14+. The zero-order valence-electron chi connectivity index (χ0n) is 15.5. The highest BCUT2D eigenvalue weighted by Crippen LogP contribution is 2.31. The van der Waals surface area contributed by atoms with Crippen molar-refractivity contribution < 1.29 is 13.9 Å². The Labute approximate surface area is 176 Å². The number of methoxy groups -OCH3 is 1. The van der Waals surface area contributed by atoms with Gasteiger partial charge in [-0.25, -0.2) is 9.38 Å². The van der Waals surface area contributed by atoms with Gasteiger partial charge in [0.2, 0.25) is 0 Å². The third-order valence-electron chi connectivity index (χ3n) is 4.47. The first-order chi connectivity index (χ1) is 14.1. The molecule has 0 spiro atoms. The molecule has 1 amide bonds. The Morgan fingerprint density at radius 2 is 1.69 bits per heavy atom. The van der Waals surface area contributed by atoms with E-state index < -0.39 is 0 Å². The topological polar surface area (TPSA) is 41.9 Å². The molecule has 0 aromatic heterocycles. The van der Waals surface area contributed by atoms with Crippen LogP contribution in [0.5, 0.6) is 5.75 Å². The fourth-order valence-electron chi connectivity index (χ4n) is 3.07. The second-order valence-corrected chi connectivity index (χ2v) is 7.25. The van der Waals surface area contributed by atoms with E-state index in [0.29, 0.717) is 22.8 Å². The Hall–Kier alpha value is -3.25. The minimum atomic E-state index is -0.373. The van der Waals surface area contributed by atoms with E-state index in [1.54, 1.807) is 25.3 Å². The van der Waals surface area contributed by atoms with Crippen molar-refractivity contribution in [3.05, 3.63) is 99.9 Å². The van der Waals surface area contributed by atoms with E-state index in [1.807, 2.05) is 48.5 Å². The van der Waals surface area contributed by atoms with Crippen LogP contribution in [-0.4, -0.2) is 18.9 Å². The van der Waals surface area contributed by atoms with Crippen LogP contribution in [0.15, 0.2) is 88.0 Å². The van der Waals surface area contributed by atoms with E-state index in [2.05, 4.69) is 20.9 Å². The number of amidine groups is 1. The van der Waals surface area contributed by atoms with E-state index in [4.69, 9.17) is 4.74 Å². The smallest absolute Gasteiger partial charge is 0.282 e. The number of para-hydroxylation sites is 1. The fourth-order valence-corrected chi connectivity index (χ4v) is 3.34. The summed E-state index contributed by atoms with van der Waals surface area (Å²) < 4.78 is 19.8. The lowest BCUT2D eigenvalue weighted by molar-refractivity contribution is -0.113. The number of amides is 1. The number of aliphatic imine (C=N–C) groups is 1. The highest BCUT2D eigenvalue weighted by molar-refractivity contribution is 9.10. The molecule has 144 valence electrons. The Kier molecular flexibility index (Phi) is 5.27. The molecule has 1 heterocycles. The highest BCUT2D eigenvalue weighted by Gasteiger charge is 2.33. The maximum atomic E-state index is 13.4. The number of carbonyl (C=O) groups is 1. The Bertz CT molecular complexity index is 1120. The molecule has 4 rings (SSSR count). The van der Waals surface area contributed by atoms with Crippen molar-refractivity contribution in [2.45, 2.75) is 0 Å². The van der Waals surface area contributed by atoms with Crippen LogP contribution in [0.2, 0.25) is 0 Å². The number of halogens is 2. The normalized spacial score (nSPS) is 15.0. The molecule has 1 aliphatic heterocycles. The van der Waals surface area contributed by atoms with Crippen molar-refractivity contribution in [1.29, 1.82) is 0 Å². The summed E-state index contributed by atoms with van der Waals surface area (Å²) in [4.78, 5) is 19.3. The van der Waals surface area contributed by atoms with Crippen molar-refractivity contribution in [2.75, 3.05) is 12.0 Å². The maximum Gasteiger partial charge on any atom is 0.282 e. The van der Waals surface area contributed by atoms with Gasteiger partial charge in [-0.05, 0) is 60.2 Å². The van der Waals surface area contributed by atoms with Crippen LogP contribution in [0.3, 0.4) is 0 Å². The molecule has 29 heavy (non-hydrogen) atoms. The lowest BCUT2D eigenvalue weighted by atomic mass is 10.1. The summed E-state index contributed by atoms with van der Waals surface area (Å²) in [6.07, 6.45) is 1.73. The first kappa shape index (κ1) is 19.1. The van der Waals surface area contributed by atoms with Gasteiger partial charge in [-0.2, -0.15) is 0 Å². The molecule has 1 aliphatic rings. The summed E-state index contributed by atoms with van der Waals surface area (Å²) >= 11 is 3.40. The third kappa shape index (κ3) is 3.84. The van der Waals surface area contributed by atoms with Gasteiger partial charge >= 0.3 is 0 Å². The van der Waals surface area contributed by atoms with Gasteiger partial charge in [0.25, 0.3) is 5.91 Å². The van der Waals surface area contributed by atoms with E-state index in [-0.39, 0.29) is 17.4 Å². The van der Waals surface area contributed by atoms with Gasteiger partial charge in [0.1, 0.15) is 17.3 Å². The summed E-state index contributed by atoms with van der Waals surface area (Å²) in [5.74, 6) is 0.362. The van der Waals surface area contributed by atoms with Crippen LogP contribution in [0.4, 0.5) is 10.1 Å². The molecule has 6 heteroatoms. The summed E-state index contributed by atoms with van der Waals surface area (Å²) in [6, 6.07) is 20.7. The van der Waals surface area contributed by atoms with Crippen molar-refractivity contribution in [2.24, 2.45) is 4.99 Å². The molecule has 0 fully saturated rings. The molecule has 3 aromatic carbocycles. The van der Waals surface area contributed by atoms with E-state index in [9.17, 15) is 9.18 Å². The molecule has 0 bridgehead atoms. The molecule has 0 saturated carbocycles. The largest absolute Gasteiger partial charge is 0.496 e. The van der Waals surface area contributed by atoms with Crippen molar-refractivity contribution in [3.63, 3.8) is 0 Å². The Morgan fingerprint density at radius 1 is 1.00 bits per heavy atom. The molecule has 0 aliphatic carbocycles. The van der Waals surface area contributed by atoms with Crippen molar-refractivity contribution >= 4 is 39.4 Å². The van der Waals surface area contributed by atoms with Crippen LogP contribution >= 0.6 is 15.9 Å². The van der Waals surface area contributed by atoms with Crippen LogP contribution in [0.1, 0.15) is 11.1 Å². The molecular weight excluding hydrogens is 435 g/mol. The molecule has 0 atom stereocenters. The summed E-state index contributed by atoms with van der Waals surface area (Å²) in [7, 11) is 1.57. The lowest BCUT2D eigenvalue weighted by Crippen LogP contribution is -2.32. The van der Waals surface area contributed by atoms with Crippen LogP contribution in [-0.2, 0) is 4.79 Å². The number of anilines is 1. The number of nitrogens with zero attached hydrogens (tertiary/aromatic N) is 2. The van der Waals surface area contributed by atoms with Gasteiger partial charge in [0.15, 0.2) is 5.84 Å². The van der Waals surface area contributed by atoms with E-state index in [1.165, 1.54) is 17.0 Å². The van der Waals surface area contributed by atoms with Gasteiger partial charge in [-0.1, -0.05) is 40.2 Å². The van der Waals surface area contributed by atoms with E-state index >= 15 is 0 Å². The molecule has 0 radical (unpaired) electrons. The number of benzene rings is 3. The van der Waals surface area contributed by atoms with Gasteiger partial charge in [0.05, 0.1) is 18.4 Å². The maximum absolute atomic E-state index is 13.4. The van der Waals surface area contributed by atoms with Crippen molar-refractivity contribution in [1.82, 2.24) is 0 Å². The molecular formula is C23H16BrFN2O2. The highest BCUT2D eigenvalue weighted by atomic mass is 79.9. The minimum Gasteiger partial charge on any atom is -0.496 e. The monoisotopic (exact) mass is 450 g/mol. The fraction of sp³-hybridized carbons (Fsp3) is 0.0435. The molecule has 0 saturated heterocycles. The number of rotatable bonds is 4. The van der Waals surface area contributed by atoms with Gasteiger partial charge in [0, 0.05) is 4.47 Å². The molecule has 3 aromatic rings. The molecule has 0 unspecified atom stereocenters. The quantitative estimate of drug-likeness (QED) is 0.497.